The van der Waals surface area contributed by atoms with Crippen LogP contribution < -0.4 is 24.8 Å². The Morgan fingerprint density at radius 2 is 1.29 bits per heavy atom. The third-order valence-corrected chi connectivity index (χ3v) is 9.20. The maximum atomic E-state index is 3.67. The first-order chi connectivity index (χ1) is 18.0. The van der Waals surface area contributed by atoms with E-state index in [2.05, 4.69) is 125 Å². The van der Waals surface area contributed by atoms with Crippen molar-refractivity contribution in [3.63, 3.8) is 0 Å². The minimum absolute atomic E-state index is 0. The Hall–Kier alpha value is -0.877. The van der Waals surface area contributed by atoms with Gasteiger partial charge >= 0.3 is 59.5 Å². The molecule has 0 nitrogen and oxygen atoms in total. The Bertz CT molecular complexity index is 1220. The van der Waals surface area contributed by atoms with Crippen LogP contribution in [0.4, 0.5) is 0 Å². The molecule has 0 heterocycles. The summed E-state index contributed by atoms with van der Waals surface area (Å²) in [6.07, 6.45) is 8.34. The van der Waals surface area contributed by atoms with Gasteiger partial charge in [0.05, 0.1) is 0 Å². The summed E-state index contributed by atoms with van der Waals surface area (Å²) in [7, 11) is 0. The topological polar surface area (TPSA) is 0 Å². The van der Waals surface area contributed by atoms with Crippen LogP contribution in [0.1, 0.15) is 133 Å². The van der Waals surface area contributed by atoms with Crippen molar-refractivity contribution in [2.24, 2.45) is 0 Å². The van der Waals surface area contributed by atoms with Crippen molar-refractivity contribution in [2.45, 2.75) is 131 Å². The van der Waals surface area contributed by atoms with Gasteiger partial charge in [0.2, 0.25) is 0 Å². The quantitative estimate of drug-likeness (QED) is 0.239. The molecule has 0 saturated heterocycles. The van der Waals surface area contributed by atoms with Crippen LogP contribution in [0.2, 0.25) is 0 Å². The fraction of sp³-hybridized carbons (Fsp3) is 0.526. The summed E-state index contributed by atoms with van der Waals surface area (Å²) in [5.74, 6) is 0. The van der Waals surface area contributed by atoms with E-state index in [0.717, 1.165) is 6.42 Å². The number of rotatable bonds is 0. The molecule has 0 aromatic heterocycles. The number of benzene rings is 2. The summed E-state index contributed by atoms with van der Waals surface area (Å²) < 4.78 is 1.80. The monoisotopic (exact) mass is 668 g/mol. The molecular weight excluding hydrogens is 619 g/mol. The zero-order valence-electron chi connectivity index (χ0n) is 27.5. The van der Waals surface area contributed by atoms with E-state index in [1.54, 1.807) is 27.4 Å². The summed E-state index contributed by atoms with van der Waals surface area (Å²) in [5.41, 5.74) is 13.3. The summed E-state index contributed by atoms with van der Waals surface area (Å²) in [4.78, 5) is 0. The van der Waals surface area contributed by atoms with Gasteiger partial charge in [0.25, 0.3) is 0 Å². The number of hydrogen-bond acceptors (Lipinski definition) is 0. The van der Waals surface area contributed by atoms with Gasteiger partial charge in [0, 0.05) is 0 Å². The molecule has 41 heavy (non-hydrogen) atoms. The Labute approximate surface area is 280 Å². The fourth-order valence-electron chi connectivity index (χ4n) is 5.62. The molecule has 1 fully saturated rings. The van der Waals surface area contributed by atoms with E-state index >= 15 is 0 Å². The van der Waals surface area contributed by atoms with Crippen molar-refractivity contribution >= 4 is 3.21 Å². The average molecular weight is 671 g/mol. The molecule has 3 aromatic carbocycles. The van der Waals surface area contributed by atoms with Gasteiger partial charge in [0.15, 0.2) is 0 Å². The van der Waals surface area contributed by atoms with Crippen LogP contribution in [0, 0.1) is 19.9 Å². The van der Waals surface area contributed by atoms with E-state index in [-0.39, 0.29) is 35.6 Å². The first-order valence-electron chi connectivity index (χ1n) is 15.0. The van der Waals surface area contributed by atoms with E-state index in [1.807, 2.05) is 0 Å². The van der Waals surface area contributed by atoms with E-state index in [0.29, 0.717) is 5.41 Å². The van der Waals surface area contributed by atoms with Crippen LogP contribution in [-0.2, 0) is 46.9 Å². The molecule has 0 aliphatic heterocycles. The zero-order valence-corrected chi connectivity index (χ0v) is 31.5. The second-order valence-electron chi connectivity index (χ2n) is 14.9. The normalized spacial score (nSPS) is 14.3. The second-order valence-corrected chi connectivity index (χ2v) is 16.6. The van der Waals surface area contributed by atoms with Crippen LogP contribution in [0.3, 0.4) is 0 Å². The molecular formula is C38H52Cl2Zr-2. The van der Waals surface area contributed by atoms with Crippen LogP contribution in [0.15, 0.2) is 42.5 Å². The summed E-state index contributed by atoms with van der Waals surface area (Å²) >= 11 is 1.69. The van der Waals surface area contributed by atoms with Crippen molar-refractivity contribution in [3.8, 4) is 11.1 Å². The Morgan fingerprint density at radius 3 is 1.71 bits per heavy atom. The van der Waals surface area contributed by atoms with Crippen molar-refractivity contribution in [2.75, 3.05) is 0 Å². The summed E-state index contributed by atoms with van der Waals surface area (Å²) in [6.45, 7) is 24.7. The van der Waals surface area contributed by atoms with Crippen LogP contribution in [-0.4, -0.2) is 3.21 Å². The molecule has 3 aromatic rings. The van der Waals surface area contributed by atoms with Crippen molar-refractivity contribution in [1.29, 1.82) is 0 Å². The van der Waals surface area contributed by atoms with Crippen molar-refractivity contribution in [3.05, 3.63) is 87.5 Å². The summed E-state index contributed by atoms with van der Waals surface area (Å²) in [6, 6.07) is 19.7. The van der Waals surface area contributed by atoms with Crippen molar-refractivity contribution in [1.82, 2.24) is 0 Å². The Kier molecular flexibility index (Phi) is 14.2. The van der Waals surface area contributed by atoms with Gasteiger partial charge in [-0.1, -0.05) is 105 Å². The van der Waals surface area contributed by atoms with E-state index in [9.17, 15) is 0 Å². The number of fused-ring (bicyclic) bond motifs is 3. The van der Waals surface area contributed by atoms with Gasteiger partial charge in [-0.2, -0.15) is 46.5 Å². The molecule has 0 N–H and O–H groups in total. The maximum absolute atomic E-state index is 3.67. The summed E-state index contributed by atoms with van der Waals surface area (Å²) in [5, 5.41) is 0. The molecule has 0 amide bonds. The van der Waals surface area contributed by atoms with Gasteiger partial charge in [0.1, 0.15) is 0 Å². The van der Waals surface area contributed by atoms with Gasteiger partial charge < -0.3 is 24.8 Å². The van der Waals surface area contributed by atoms with Crippen LogP contribution in [0.25, 0.3) is 11.1 Å². The molecule has 2 aliphatic rings. The van der Waals surface area contributed by atoms with E-state index in [1.165, 1.54) is 82.2 Å². The van der Waals surface area contributed by atoms with Gasteiger partial charge in [-0.3, -0.25) is 0 Å². The molecule has 0 bridgehead atoms. The van der Waals surface area contributed by atoms with Crippen molar-refractivity contribution < 1.29 is 49.0 Å². The molecule has 3 heteroatoms. The van der Waals surface area contributed by atoms with Gasteiger partial charge in [-0.05, 0) is 28.4 Å². The molecule has 0 unspecified atom stereocenters. The average Bonchev–Trinajstić information content (AvgIpc) is 3.37. The van der Waals surface area contributed by atoms with E-state index < -0.39 is 0 Å². The SMILES string of the molecule is CC(C)(C)c1[c-]c2c(cc1)-c1ccc(C(C)(C)C)cc1C2.Cc1cc(C(C)(C)C)c(C)[cH-]1.[Cl-].[Cl-].[Zr+2]=[C]1CCCCC1. The third-order valence-electron chi connectivity index (χ3n) is 7.97. The molecule has 0 radical (unpaired) electrons. The predicted octanol–water partition coefficient (Wildman–Crippen LogP) is 4.65. The van der Waals surface area contributed by atoms with Crippen LogP contribution in [0.5, 0.6) is 0 Å². The number of halogens is 2. The zero-order chi connectivity index (χ0) is 29.2. The van der Waals surface area contributed by atoms with E-state index in [4.69, 9.17) is 0 Å². The molecule has 0 atom stereocenters. The molecule has 224 valence electrons. The number of hydrogen-bond donors (Lipinski definition) is 0. The standard InChI is InChI=1S/C21H25.C11H17.C6H10.2ClH.Zr/c1-20(2,3)16-7-9-18-14(12-16)11-15-13-17(21(4,5)6)8-10-19(15)18;1-8-6-9(2)10(7-8)11(3,4)5;1-2-4-6-5-3-1;;;/h7-10,12H,11H2,1-6H3;6-7H,1-5H3;1-5H2;2*1H;/q2*-1;;;;+2/p-2. The molecule has 5 rings (SSSR count). The molecule has 0 spiro atoms. The first kappa shape index (κ1) is 38.1. The third kappa shape index (κ3) is 10.7. The predicted molar refractivity (Wildman–Crippen MR) is 169 cm³/mol. The van der Waals surface area contributed by atoms with Gasteiger partial charge in [-0.25, -0.2) is 6.07 Å². The van der Waals surface area contributed by atoms with Crippen LogP contribution >= 0.6 is 0 Å². The fourth-order valence-corrected chi connectivity index (χ4v) is 6.49. The van der Waals surface area contributed by atoms with Gasteiger partial charge in [-0.15, -0.1) is 11.1 Å². The first-order valence-corrected chi connectivity index (χ1v) is 16.2. The molecule has 1 saturated carbocycles. The number of aryl methyl sites for hydroxylation is 2. The minimum atomic E-state index is 0. The Balaban J connectivity index is 0.000000353. The molecule has 2 aliphatic carbocycles. The Morgan fingerprint density at radius 1 is 0.707 bits per heavy atom. The second kappa shape index (κ2) is 15.2.